The first-order chi connectivity index (χ1) is 8.18. The lowest BCUT2D eigenvalue weighted by Crippen LogP contribution is -2.43. The molecule has 0 bridgehead atoms. The minimum absolute atomic E-state index is 0.359. The lowest BCUT2D eigenvalue weighted by molar-refractivity contribution is -0.118. The highest BCUT2D eigenvalue weighted by Crippen LogP contribution is 2.19. The van der Waals surface area contributed by atoms with Crippen LogP contribution in [0.3, 0.4) is 0 Å². The molecular formula is C12H14F2N2O. The van der Waals surface area contributed by atoms with Crippen LogP contribution in [-0.2, 0) is 4.79 Å². The molecule has 1 atom stereocenters. The predicted molar refractivity (Wildman–Crippen MR) is 60.6 cm³/mol. The van der Waals surface area contributed by atoms with E-state index in [1.54, 1.807) is 0 Å². The zero-order valence-corrected chi connectivity index (χ0v) is 9.30. The van der Waals surface area contributed by atoms with Crippen LogP contribution in [0.5, 0.6) is 0 Å². The van der Waals surface area contributed by atoms with Gasteiger partial charge in [0.05, 0.1) is 6.04 Å². The van der Waals surface area contributed by atoms with E-state index < -0.39 is 11.6 Å². The summed E-state index contributed by atoms with van der Waals surface area (Å²) in [6.45, 7) is 0.762. The molecule has 1 aliphatic rings. The van der Waals surface area contributed by atoms with Crippen LogP contribution in [0.25, 0.3) is 0 Å². The van der Waals surface area contributed by atoms with E-state index in [1.165, 1.54) is 6.07 Å². The molecule has 3 nitrogen and oxygen atoms in total. The highest BCUT2D eigenvalue weighted by Gasteiger charge is 2.22. The summed E-state index contributed by atoms with van der Waals surface area (Å²) in [7, 11) is 0. The van der Waals surface area contributed by atoms with Gasteiger partial charge in [-0.1, -0.05) is 12.5 Å². The summed E-state index contributed by atoms with van der Waals surface area (Å²) >= 11 is 0. The van der Waals surface area contributed by atoms with E-state index in [0.717, 1.165) is 31.5 Å². The van der Waals surface area contributed by atoms with Crippen molar-refractivity contribution in [2.24, 2.45) is 0 Å². The zero-order chi connectivity index (χ0) is 12.3. The number of halogens is 2. The molecule has 1 aromatic carbocycles. The second kappa shape index (κ2) is 5.23. The fraction of sp³-hybridized carbons (Fsp3) is 0.417. The number of para-hydroxylation sites is 1. The second-order valence-corrected chi connectivity index (χ2v) is 4.09. The number of nitrogens with one attached hydrogen (secondary N) is 2. The third-order valence-corrected chi connectivity index (χ3v) is 2.84. The van der Waals surface area contributed by atoms with Crippen molar-refractivity contribution < 1.29 is 13.6 Å². The van der Waals surface area contributed by atoms with E-state index in [0.29, 0.717) is 6.42 Å². The molecule has 2 rings (SSSR count). The maximum Gasteiger partial charge on any atom is 0.241 e. The SMILES string of the molecule is O=C(Nc1c(F)cccc1F)[C@H]1CCCCN1. The Bertz CT molecular complexity index is 397. The number of anilines is 1. The van der Waals surface area contributed by atoms with Crippen molar-refractivity contribution in [1.82, 2.24) is 5.32 Å². The van der Waals surface area contributed by atoms with Gasteiger partial charge in [-0.05, 0) is 31.5 Å². The summed E-state index contributed by atoms with van der Waals surface area (Å²) in [4.78, 5) is 11.8. The van der Waals surface area contributed by atoms with Crippen molar-refractivity contribution >= 4 is 11.6 Å². The Kier molecular flexibility index (Phi) is 3.68. The zero-order valence-electron chi connectivity index (χ0n) is 9.30. The van der Waals surface area contributed by atoms with Gasteiger partial charge in [0.1, 0.15) is 17.3 Å². The largest absolute Gasteiger partial charge is 0.320 e. The van der Waals surface area contributed by atoms with Gasteiger partial charge in [0.25, 0.3) is 0 Å². The number of carbonyl (C=O) groups excluding carboxylic acids is 1. The topological polar surface area (TPSA) is 41.1 Å². The molecule has 17 heavy (non-hydrogen) atoms. The van der Waals surface area contributed by atoms with Gasteiger partial charge < -0.3 is 10.6 Å². The second-order valence-electron chi connectivity index (χ2n) is 4.09. The molecular weight excluding hydrogens is 226 g/mol. The molecule has 0 spiro atoms. The monoisotopic (exact) mass is 240 g/mol. The van der Waals surface area contributed by atoms with E-state index in [9.17, 15) is 13.6 Å². The Balaban J connectivity index is 2.07. The summed E-state index contributed by atoms with van der Waals surface area (Å²) in [5.74, 6) is -1.89. The number of carbonyl (C=O) groups is 1. The maximum atomic E-state index is 13.3. The smallest absolute Gasteiger partial charge is 0.241 e. The molecule has 1 heterocycles. The van der Waals surface area contributed by atoms with Crippen LogP contribution in [0.4, 0.5) is 14.5 Å². The predicted octanol–water partition coefficient (Wildman–Crippen LogP) is 2.05. The van der Waals surface area contributed by atoms with Crippen LogP contribution in [0.2, 0.25) is 0 Å². The quantitative estimate of drug-likeness (QED) is 0.830. The molecule has 1 fully saturated rings. The first kappa shape index (κ1) is 12.0. The number of piperidine rings is 1. The molecule has 1 saturated heterocycles. The van der Waals surface area contributed by atoms with E-state index in [2.05, 4.69) is 10.6 Å². The Hall–Kier alpha value is -1.49. The van der Waals surface area contributed by atoms with Gasteiger partial charge in [-0.15, -0.1) is 0 Å². The van der Waals surface area contributed by atoms with Gasteiger partial charge in [-0.2, -0.15) is 0 Å². The molecule has 0 unspecified atom stereocenters. The minimum atomic E-state index is -0.755. The maximum absolute atomic E-state index is 13.3. The third-order valence-electron chi connectivity index (χ3n) is 2.84. The molecule has 0 radical (unpaired) electrons. The molecule has 0 aromatic heterocycles. The average molecular weight is 240 g/mol. The van der Waals surface area contributed by atoms with Crippen molar-refractivity contribution in [3.8, 4) is 0 Å². The van der Waals surface area contributed by atoms with Gasteiger partial charge >= 0.3 is 0 Å². The number of amides is 1. The number of benzene rings is 1. The molecule has 2 N–H and O–H groups in total. The Morgan fingerprint density at radius 2 is 2.00 bits per heavy atom. The molecule has 1 aliphatic heterocycles. The van der Waals surface area contributed by atoms with E-state index in [4.69, 9.17) is 0 Å². The van der Waals surface area contributed by atoms with Crippen molar-refractivity contribution in [3.63, 3.8) is 0 Å². The standard InChI is InChI=1S/C12H14F2N2O/c13-8-4-3-5-9(14)11(8)16-12(17)10-6-1-2-7-15-10/h3-5,10,15H,1-2,6-7H2,(H,16,17)/t10-/m1/s1. The van der Waals surface area contributed by atoms with Crippen LogP contribution in [-0.4, -0.2) is 18.5 Å². The summed E-state index contributed by atoms with van der Waals surface area (Å²) < 4.78 is 26.6. The Labute approximate surface area is 98.2 Å². The van der Waals surface area contributed by atoms with Crippen LogP contribution in [0.15, 0.2) is 18.2 Å². The van der Waals surface area contributed by atoms with Gasteiger partial charge in [-0.3, -0.25) is 4.79 Å². The lowest BCUT2D eigenvalue weighted by atomic mass is 10.0. The van der Waals surface area contributed by atoms with Crippen LogP contribution >= 0.6 is 0 Å². The van der Waals surface area contributed by atoms with Crippen molar-refractivity contribution in [3.05, 3.63) is 29.8 Å². The number of hydrogen-bond donors (Lipinski definition) is 2. The molecule has 0 saturated carbocycles. The van der Waals surface area contributed by atoms with Crippen LogP contribution in [0, 0.1) is 11.6 Å². The number of hydrogen-bond acceptors (Lipinski definition) is 2. The molecule has 5 heteroatoms. The highest BCUT2D eigenvalue weighted by molar-refractivity contribution is 5.95. The van der Waals surface area contributed by atoms with E-state index in [-0.39, 0.29) is 17.6 Å². The molecule has 1 aromatic rings. The first-order valence-electron chi connectivity index (χ1n) is 5.67. The highest BCUT2D eigenvalue weighted by atomic mass is 19.1. The molecule has 0 aliphatic carbocycles. The molecule has 92 valence electrons. The fourth-order valence-corrected chi connectivity index (χ4v) is 1.90. The van der Waals surface area contributed by atoms with Crippen molar-refractivity contribution in [1.29, 1.82) is 0 Å². The lowest BCUT2D eigenvalue weighted by Gasteiger charge is -2.22. The first-order valence-corrected chi connectivity index (χ1v) is 5.67. The van der Waals surface area contributed by atoms with Gasteiger partial charge in [0, 0.05) is 0 Å². The summed E-state index contributed by atoms with van der Waals surface area (Å²) in [6, 6.07) is 3.14. The van der Waals surface area contributed by atoms with Gasteiger partial charge in [-0.25, -0.2) is 8.78 Å². The average Bonchev–Trinajstić information content (AvgIpc) is 2.35. The van der Waals surface area contributed by atoms with Crippen LogP contribution < -0.4 is 10.6 Å². The number of rotatable bonds is 2. The summed E-state index contributed by atoms with van der Waals surface area (Å²) in [5.41, 5.74) is -0.370. The normalized spacial score (nSPS) is 20.0. The fourth-order valence-electron chi connectivity index (χ4n) is 1.90. The molecule has 1 amide bonds. The summed E-state index contributed by atoms with van der Waals surface area (Å²) in [5, 5.41) is 5.32. The van der Waals surface area contributed by atoms with E-state index in [1.807, 2.05) is 0 Å². The van der Waals surface area contributed by atoms with Gasteiger partial charge in [0.2, 0.25) is 5.91 Å². The third kappa shape index (κ3) is 2.79. The Morgan fingerprint density at radius 3 is 2.59 bits per heavy atom. The van der Waals surface area contributed by atoms with Crippen LogP contribution in [0.1, 0.15) is 19.3 Å². The minimum Gasteiger partial charge on any atom is -0.320 e. The van der Waals surface area contributed by atoms with Crippen molar-refractivity contribution in [2.45, 2.75) is 25.3 Å². The van der Waals surface area contributed by atoms with E-state index >= 15 is 0 Å². The van der Waals surface area contributed by atoms with Crippen molar-refractivity contribution in [2.75, 3.05) is 11.9 Å². The van der Waals surface area contributed by atoms with Gasteiger partial charge in [0.15, 0.2) is 0 Å². The summed E-state index contributed by atoms with van der Waals surface area (Å²) in [6.07, 6.45) is 2.67. The Morgan fingerprint density at radius 1 is 1.29 bits per heavy atom.